The summed E-state index contributed by atoms with van der Waals surface area (Å²) in [6, 6.07) is 8.20. The third-order valence-electron chi connectivity index (χ3n) is 3.39. The van der Waals surface area contributed by atoms with E-state index in [-0.39, 0.29) is 11.8 Å². The van der Waals surface area contributed by atoms with Crippen LogP contribution in [0.1, 0.15) is 25.8 Å². The molecule has 0 aliphatic heterocycles. The zero-order chi connectivity index (χ0) is 21.9. The first-order chi connectivity index (χ1) is 12.9. The molecule has 28 heavy (non-hydrogen) atoms. The molecule has 0 radical (unpaired) electrons. The van der Waals surface area contributed by atoms with E-state index in [4.69, 9.17) is 20.4 Å². The second-order valence-corrected chi connectivity index (χ2v) is 6.31. The Morgan fingerprint density at radius 1 is 1.18 bits per heavy atom. The number of benzene rings is 1. The number of carboxylic acids is 1. The second-order valence-electron chi connectivity index (χ2n) is 6.31. The lowest BCUT2D eigenvalue weighted by Crippen LogP contribution is -2.49. The SMILES string of the molecule is COC(=O)[C@H](CC(C)C)NC(=O)[C@@H](N)Cc1ccccc1.O=C(O)C(F)(F)F. The van der Waals surface area contributed by atoms with E-state index in [2.05, 4.69) is 5.32 Å². The first-order valence-electron chi connectivity index (χ1n) is 8.36. The van der Waals surface area contributed by atoms with Crippen LogP contribution in [0.5, 0.6) is 0 Å². The van der Waals surface area contributed by atoms with Crippen LogP contribution < -0.4 is 11.1 Å². The van der Waals surface area contributed by atoms with Crippen molar-refractivity contribution in [3.8, 4) is 0 Å². The summed E-state index contributed by atoms with van der Waals surface area (Å²) in [5, 5.41) is 9.81. The molecule has 0 bridgehead atoms. The molecule has 10 heteroatoms. The quantitative estimate of drug-likeness (QED) is 0.595. The number of alkyl halides is 3. The van der Waals surface area contributed by atoms with E-state index >= 15 is 0 Å². The average molecular weight is 406 g/mol. The number of hydrogen-bond acceptors (Lipinski definition) is 5. The zero-order valence-corrected chi connectivity index (χ0v) is 15.8. The topological polar surface area (TPSA) is 119 Å². The first kappa shape index (κ1) is 25.4. The van der Waals surface area contributed by atoms with Crippen molar-refractivity contribution in [2.75, 3.05) is 7.11 Å². The maximum absolute atomic E-state index is 12.1. The zero-order valence-electron chi connectivity index (χ0n) is 15.8. The summed E-state index contributed by atoms with van der Waals surface area (Å²) in [6.07, 6.45) is -4.13. The molecule has 0 spiro atoms. The Balaban J connectivity index is 0.000000887. The van der Waals surface area contributed by atoms with Crippen molar-refractivity contribution < 1.29 is 37.4 Å². The number of methoxy groups -OCH3 is 1. The van der Waals surface area contributed by atoms with Gasteiger partial charge in [0.15, 0.2) is 0 Å². The van der Waals surface area contributed by atoms with Crippen LogP contribution in [0.4, 0.5) is 13.2 Å². The predicted molar refractivity (Wildman–Crippen MR) is 95.2 cm³/mol. The molecule has 0 saturated heterocycles. The maximum atomic E-state index is 12.1. The minimum atomic E-state index is -5.08. The highest BCUT2D eigenvalue weighted by molar-refractivity contribution is 5.87. The van der Waals surface area contributed by atoms with Crippen LogP contribution >= 0.6 is 0 Å². The number of nitrogens with two attached hydrogens (primary N) is 1. The largest absolute Gasteiger partial charge is 0.490 e. The molecule has 1 aromatic carbocycles. The van der Waals surface area contributed by atoms with Gasteiger partial charge in [-0.15, -0.1) is 0 Å². The molecule has 1 aromatic rings. The number of rotatable bonds is 7. The fourth-order valence-electron chi connectivity index (χ4n) is 2.07. The number of carbonyl (C=O) groups is 3. The van der Waals surface area contributed by atoms with Gasteiger partial charge in [-0.3, -0.25) is 4.79 Å². The number of nitrogens with one attached hydrogen (secondary N) is 1. The van der Waals surface area contributed by atoms with Gasteiger partial charge in [0.2, 0.25) is 5.91 Å². The summed E-state index contributed by atoms with van der Waals surface area (Å²) < 4.78 is 36.5. The lowest BCUT2D eigenvalue weighted by atomic mass is 10.0. The van der Waals surface area contributed by atoms with E-state index in [1.807, 2.05) is 44.2 Å². The number of ether oxygens (including phenoxy) is 1. The van der Waals surface area contributed by atoms with Gasteiger partial charge in [0.25, 0.3) is 0 Å². The number of esters is 1. The van der Waals surface area contributed by atoms with Crippen molar-refractivity contribution in [1.82, 2.24) is 5.32 Å². The molecule has 1 rings (SSSR count). The Labute approximate surface area is 161 Å². The lowest BCUT2D eigenvalue weighted by Gasteiger charge is -2.20. The second kappa shape index (κ2) is 12.0. The fraction of sp³-hybridized carbons (Fsp3) is 0.500. The summed E-state index contributed by atoms with van der Waals surface area (Å²) >= 11 is 0. The van der Waals surface area contributed by atoms with Crippen molar-refractivity contribution in [3.05, 3.63) is 35.9 Å². The summed E-state index contributed by atoms with van der Waals surface area (Å²) in [5.41, 5.74) is 6.89. The lowest BCUT2D eigenvalue weighted by molar-refractivity contribution is -0.192. The van der Waals surface area contributed by atoms with Gasteiger partial charge in [-0.2, -0.15) is 13.2 Å². The molecule has 0 aliphatic carbocycles. The summed E-state index contributed by atoms with van der Waals surface area (Å²) in [5.74, 6) is -3.27. The predicted octanol–water partition coefficient (Wildman–Crippen LogP) is 1.89. The van der Waals surface area contributed by atoms with Gasteiger partial charge in [-0.25, -0.2) is 9.59 Å². The number of aliphatic carboxylic acids is 1. The smallest absolute Gasteiger partial charge is 0.475 e. The summed E-state index contributed by atoms with van der Waals surface area (Å²) in [7, 11) is 1.31. The van der Waals surface area contributed by atoms with Crippen molar-refractivity contribution in [2.24, 2.45) is 11.7 Å². The molecular weight excluding hydrogens is 381 g/mol. The van der Waals surface area contributed by atoms with Crippen LogP contribution in [0, 0.1) is 5.92 Å². The molecular formula is C18H25F3N2O5. The van der Waals surface area contributed by atoms with Crippen LogP contribution in [0.15, 0.2) is 30.3 Å². The standard InChI is InChI=1S/C16H24N2O3.C2HF3O2/c1-11(2)9-14(16(20)21-3)18-15(19)13(17)10-12-7-5-4-6-8-12;3-2(4,5)1(6)7/h4-8,11,13-14H,9-10,17H2,1-3H3,(H,18,19);(H,6,7)/t13-,14-;/m0./s1. The molecule has 158 valence electrons. The maximum Gasteiger partial charge on any atom is 0.490 e. The number of carboxylic acid groups (broad SMARTS) is 1. The molecule has 0 saturated carbocycles. The third kappa shape index (κ3) is 10.5. The van der Waals surface area contributed by atoms with Crippen molar-refractivity contribution >= 4 is 17.8 Å². The minimum Gasteiger partial charge on any atom is -0.475 e. The van der Waals surface area contributed by atoms with E-state index in [1.165, 1.54) is 7.11 Å². The van der Waals surface area contributed by atoms with Crippen LogP contribution in [0.25, 0.3) is 0 Å². The van der Waals surface area contributed by atoms with Crippen LogP contribution in [0.2, 0.25) is 0 Å². The average Bonchev–Trinajstić information content (AvgIpc) is 2.60. The van der Waals surface area contributed by atoms with E-state index < -0.39 is 30.2 Å². The minimum absolute atomic E-state index is 0.264. The van der Waals surface area contributed by atoms with E-state index in [0.29, 0.717) is 12.8 Å². The van der Waals surface area contributed by atoms with Gasteiger partial charge in [0, 0.05) is 0 Å². The monoisotopic (exact) mass is 406 g/mol. The number of amides is 1. The van der Waals surface area contributed by atoms with Crippen molar-refractivity contribution in [2.45, 2.75) is 44.9 Å². The Hall–Kier alpha value is -2.62. The van der Waals surface area contributed by atoms with Gasteiger partial charge in [0.1, 0.15) is 6.04 Å². The molecule has 0 unspecified atom stereocenters. The molecule has 0 aromatic heterocycles. The van der Waals surface area contributed by atoms with Crippen molar-refractivity contribution in [1.29, 1.82) is 0 Å². The van der Waals surface area contributed by atoms with E-state index in [0.717, 1.165) is 5.56 Å². The van der Waals surface area contributed by atoms with Gasteiger partial charge in [0.05, 0.1) is 13.2 Å². The molecule has 4 N–H and O–H groups in total. The summed E-state index contributed by atoms with van der Waals surface area (Å²) in [6.45, 7) is 3.96. The number of hydrogen-bond donors (Lipinski definition) is 3. The number of carbonyl (C=O) groups excluding carboxylic acids is 2. The molecule has 0 heterocycles. The Kier molecular flexibility index (Phi) is 10.8. The van der Waals surface area contributed by atoms with Crippen molar-refractivity contribution in [3.63, 3.8) is 0 Å². The van der Waals surface area contributed by atoms with E-state index in [1.54, 1.807) is 0 Å². The van der Waals surface area contributed by atoms with Crippen LogP contribution in [-0.2, 0) is 25.5 Å². The molecule has 0 fully saturated rings. The summed E-state index contributed by atoms with van der Waals surface area (Å²) in [4.78, 5) is 32.7. The third-order valence-corrected chi connectivity index (χ3v) is 3.39. The molecule has 1 amide bonds. The van der Waals surface area contributed by atoms with Gasteiger partial charge >= 0.3 is 18.1 Å². The normalized spacial score (nSPS) is 13.0. The highest BCUT2D eigenvalue weighted by atomic mass is 19.4. The first-order valence-corrected chi connectivity index (χ1v) is 8.36. The van der Waals surface area contributed by atoms with Gasteiger partial charge in [-0.05, 0) is 24.3 Å². The number of halogens is 3. The Morgan fingerprint density at radius 2 is 1.68 bits per heavy atom. The van der Waals surface area contributed by atoms with Crippen LogP contribution in [0.3, 0.4) is 0 Å². The van der Waals surface area contributed by atoms with Crippen LogP contribution in [-0.4, -0.2) is 48.3 Å². The van der Waals surface area contributed by atoms with Gasteiger partial charge < -0.3 is 20.9 Å². The highest BCUT2D eigenvalue weighted by Gasteiger charge is 2.38. The molecule has 7 nitrogen and oxygen atoms in total. The fourth-order valence-corrected chi connectivity index (χ4v) is 2.07. The van der Waals surface area contributed by atoms with Gasteiger partial charge in [-0.1, -0.05) is 44.2 Å². The molecule has 2 atom stereocenters. The van der Waals surface area contributed by atoms with E-state index in [9.17, 15) is 22.8 Å². The molecule has 0 aliphatic rings. The Morgan fingerprint density at radius 3 is 2.07 bits per heavy atom. The Bertz CT molecular complexity index is 636. The highest BCUT2D eigenvalue weighted by Crippen LogP contribution is 2.13.